The van der Waals surface area contributed by atoms with Crippen molar-refractivity contribution in [2.75, 3.05) is 13.1 Å². The smallest absolute Gasteiger partial charge is 0.0208 e. The van der Waals surface area contributed by atoms with Crippen molar-refractivity contribution in [3.8, 4) is 0 Å². The van der Waals surface area contributed by atoms with Crippen molar-refractivity contribution in [3.05, 3.63) is 33.8 Å². The fourth-order valence-corrected chi connectivity index (χ4v) is 2.27. The Balaban J connectivity index is 1.61. The quantitative estimate of drug-likeness (QED) is 0.756. The number of aryl methyl sites for hydroxylation is 1. The zero-order valence-electron chi connectivity index (χ0n) is 10.4. The molecule has 0 spiro atoms. The van der Waals surface area contributed by atoms with E-state index in [-0.39, 0.29) is 0 Å². The third-order valence-corrected chi connectivity index (χ3v) is 3.66. The number of benzene rings is 1. The summed E-state index contributed by atoms with van der Waals surface area (Å²) in [5.41, 5.74) is 2.74. The Morgan fingerprint density at radius 3 is 2.88 bits per heavy atom. The molecule has 2 nitrogen and oxygen atoms in total. The second kappa shape index (κ2) is 6.53. The summed E-state index contributed by atoms with van der Waals surface area (Å²) in [6.45, 7) is 5.37. The van der Waals surface area contributed by atoms with Crippen LogP contribution in [-0.2, 0) is 6.54 Å². The van der Waals surface area contributed by atoms with E-state index in [0.29, 0.717) is 0 Å². The van der Waals surface area contributed by atoms with Crippen molar-refractivity contribution in [1.29, 1.82) is 0 Å². The molecular formula is C14H21BrN2. The van der Waals surface area contributed by atoms with Crippen LogP contribution in [0.4, 0.5) is 0 Å². The van der Waals surface area contributed by atoms with Crippen LogP contribution in [0.15, 0.2) is 22.7 Å². The molecular weight excluding hydrogens is 276 g/mol. The summed E-state index contributed by atoms with van der Waals surface area (Å²) < 4.78 is 1.16. The van der Waals surface area contributed by atoms with Gasteiger partial charge in [-0.25, -0.2) is 0 Å². The Labute approximate surface area is 112 Å². The molecule has 94 valence electrons. The van der Waals surface area contributed by atoms with Gasteiger partial charge in [0.05, 0.1) is 0 Å². The Morgan fingerprint density at radius 2 is 2.12 bits per heavy atom. The van der Waals surface area contributed by atoms with Crippen LogP contribution >= 0.6 is 15.9 Å². The summed E-state index contributed by atoms with van der Waals surface area (Å²) in [6.07, 6.45) is 3.97. The predicted octanol–water partition coefficient (Wildman–Crippen LogP) is 2.99. The molecule has 0 radical (unpaired) electrons. The van der Waals surface area contributed by atoms with Gasteiger partial charge in [-0.05, 0) is 62.5 Å². The van der Waals surface area contributed by atoms with Crippen molar-refractivity contribution in [2.24, 2.45) is 0 Å². The van der Waals surface area contributed by atoms with Crippen molar-refractivity contribution in [2.45, 2.75) is 38.8 Å². The van der Waals surface area contributed by atoms with Crippen molar-refractivity contribution < 1.29 is 0 Å². The lowest BCUT2D eigenvalue weighted by atomic mass is 10.1. The fraction of sp³-hybridized carbons (Fsp3) is 0.571. The predicted molar refractivity (Wildman–Crippen MR) is 76.2 cm³/mol. The van der Waals surface area contributed by atoms with E-state index in [1.54, 1.807) is 0 Å². The molecule has 1 aromatic carbocycles. The normalized spacial score (nSPS) is 15.2. The van der Waals surface area contributed by atoms with Gasteiger partial charge in [-0.1, -0.05) is 22.0 Å². The molecule has 0 aromatic heterocycles. The van der Waals surface area contributed by atoms with Gasteiger partial charge in [0.2, 0.25) is 0 Å². The monoisotopic (exact) mass is 296 g/mol. The number of hydrogen-bond acceptors (Lipinski definition) is 2. The van der Waals surface area contributed by atoms with Crippen LogP contribution in [0, 0.1) is 6.92 Å². The molecule has 0 unspecified atom stereocenters. The van der Waals surface area contributed by atoms with Gasteiger partial charge in [-0.3, -0.25) is 0 Å². The highest BCUT2D eigenvalue weighted by Crippen LogP contribution is 2.18. The Hall–Kier alpha value is -0.380. The molecule has 1 saturated carbocycles. The van der Waals surface area contributed by atoms with Crippen LogP contribution in [0.25, 0.3) is 0 Å². The maximum Gasteiger partial charge on any atom is 0.0208 e. The van der Waals surface area contributed by atoms with Crippen LogP contribution in [0.2, 0.25) is 0 Å². The zero-order chi connectivity index (χ0) is 12.1. The first-order chi connectivity index (χ1) is 8.25. The highest BCUT2D eigenvalue weighted by molar-refractivity contribution is 9.10. The summed E-state index contributed by atoms with van der Waals surface area (Å²) in [5.74, 6) is 0. The van der Waals surface area contributed by atoms with E-state index in [9.17, 15) is 0 Å². The van der Waals surface area contributed by atoms with E-state index in [0.717, 1.165) is 30.1 Å². The van der Waals surface area contributed by atoms with E-state index in [2.05, 4.69) is 51.7 Å². The molecule has 2 rings (SSSR count). The third kappa shape index (κ3) is 4.78. The number of hydrogen-bond donors (Lipinski definition) is 2. The minimum atomic E-state index is 0.835. The second-order valence-corrected chi connectivity index (χ2v) is 5.75. The highest BCUT2D eigenvalue weighted by Gasteiger charge is 2.19. The summed E-state index contributed by atoms with van der Waals surface area (Å²) in [6, 6.07) is 7.29. The van der Waals surface area contributed by atoms with E-state index < -0.39 is 0 Å². The van der Waals surface area contributed by atoms with E-state index in [1.807, 2.05) is 0 Å². The van der Waals surface area contributed by atoms with Gasteiger partial charge in [-0.2, -0.15) is 0 Å². The Bertz CT molecular complexity index is 361. The summed E-state index contributed by atoms with van der Waals surface area (Å²) in [7, 11) is 0. The maximum atomic E-state index is 3.53. The van der Waals surface area contributed by atoms with Crippen LogP contribution < -0.4 is 10.6 Å². The molecule has 1 aliphatic carbocycles. The lowest BCUT2D eigenvalue weighted by Gasteiger charge is -2.08. The van der Waals surface area contributed by atoms with Crippen molar-refractivity contribution >= 4 is 15.9 Å². The third-order valence-electron chi connectivity index (χ3n) is 3.17. The number of halogens is 1. The van der Waals surface area contributed by atoms with E-state index in [4.69, 9.17) is 0 Å². The van der Waals surface area contributed by atoms with Crippen LogP contribution in [0.5, 0.6) is 0 Å². The van der Waals surface area contributed by atoms with Gasteiger partial charge in [0.25, 0.3) is 0 Å². The Kier molecular flexibility index (Phi) is 5.01. The highest BCUT2D eigenvalue weighted by atomic mass is 79.9. The Morgan fingerprint density at radius 1 is 1.29 bits per heavy atom. The van der Waals surface area contributed by atoms with Crippen molar-refractivity contribution in [1.82, 2.24) is 10.6 Å². The molecule has 0 amide bonds. The van der Waals surface area contributed by atoms with Crippen molar-refractivity contribution in [3.63, 3.8) is 0 Å². The van der Waals surface area contributed by atoms with Crippen LogP contribution in [0.3, 0.4) is 0 Å². The molecule has 0 atom stereocenters. The second-order valence-electron chi connectivity index (χ2n) is 4.83. The standard InChI is InChI=1S/C14H21BrN2/c1-11-3-4-13(15)9-12(11)10-16-7-2-8-17-14-5-6-14/h3-4,9,14,16-17H,2,5-8,10H2,1H3. The molecule has 3 heteroatoms. The van der Waals surface area contributed by atoms with Gasteiger partial charge < -0.3 is 10.6 Å². The van der Waals surface area contributed by atoms with E-state index >= 15 is 0 Å². The van der Waals surface area contributed by atoms with Gasteiger partial charge in [0.1, 0.15) is 0 Å². The lowest BCUT2D eigenvalue weighted by molar-refractivity contribution is 0.592. The molecule has 1 fully saturated rings. The molecule has 0 bridgehead atoms. The van der Waals surface area contributed by atoms with Gasteiger partial charge in [0.15, 0.2) is 0 Å². The average Bonchev–Trinajstić information content (AvgIpc) is 3.11. The minimum Gasteiger partial charge on any atom is -0.314 e. The molecule has 2 N–H and O–H groups in total. The molecule has 0 heterocycles. The minimum absolute atomic E-state index is 0.835. The lowest BCUT2D eigenvalue weighted by Crippen LogP contribution is -2.23. The molecule has 1 aromatic rings. The van der Waals surface area contributed by atoms with Gasteiger partial charge in [-0.15, -0.1) is 0 Å². The first-order valence-electron chi connectivity index (χ1n) is 6.45. The number of rotatable bonds is 7. The van der Waals surface area contributed by atoms with Crippen LogP contribution in [0.1, 0.15) is 30.4 Å². The van der Waals surface area contributed by atoms with Gasteiger partial charge >= 0.3 is 0 Å². The molecule has 17 heavy (non-hydrogen) atoms. The van der Waals surface area contributed by atoms with Gasteiger partial charge in [0, 0.05) is 17.1 Å². The molecule has 1 aliphatic rings. The van der Waals surface area contributed by atoms with Crippen LogP contribution in [-0.4, -0.2) is 19.1 Å². The zero-order valence-corrected chi connectivity index (χ0v) is 12.0. The molecule has 0 saturated heterocycles. The largest absolute Gasteiger partial charge is 0.314 e. The maximum absolute atomic E-state index is 3.53. The topological polar surface area (TPSA) is 24.1 Å². The molecule has 0 aliphatic heterocycles. The first kappa shape index (κ1) is 13.1. The summed E-state index contributed by atoms with van der Waals surface area (Å²) in [4.78, 5) is 0. The summed E-state index contributed by atoms with van der Waals surface area (Å²) >= 11 is 3.52. The number of nitrogens with one attached hydrogen (secondary N) is 2. The SMILES string of the molecule is Cc1ccc(Br)cc1CNCCCNC1CC1. The first-order valence-corrected chi connectivity index (χ1v) is 7.24. The summed E-state index contributed by atoms with van der Waals surface area (Å²) in [5, 5.41) is 7.03. The fourth-order valence-electron chi connectivity index (χ4n) is 1.86. The average molecular weight is 297 g/mol. The van der Waals surface area contributed by atoms with E-state index in [1.165, 1.54) is 30.4 Å².